The third kappa shape index (κ3) is 4.85. The second-order valence-electron chi connectivity index (χ2n) is 7.50. The summed E-state index contributed by atoms with van der Waals surface area (Å²) in [5.41, 5.74) is 1.79. The second-order valence-corrected chi connectivity index (χ2v) is 8.65. The minimum absolute atomic E-state index is 0.0255. The molecule has 27 heavy (non-hydrogen) atoms. The smallest absolute Gasteiger partial charge is 0.255 e. The second kappa shape index (κ2) is 9.60. The number of thioether (sulfide) groups is 1. The fourth-order valence-electron chi connectivity index (χ4n) is 4.01. The maximum absolute atomic E-state index is 13.4. The molecule has 0 spiro atoms. The van der Waals surface area contributed by atoms with Crippen LogP contribution in [-0.4, -0.2) is 54.1 Å². The predicted octanol–water partition coefficient (Wildman–Crippen LogP) is 3.22. The number of rotatable bonds is 6. The van der Waals surface area contributed by atoms with Gasteiger partial charge in [-0.2, -0.15) is 0 Å². The van der Waals surface area contributed by atoms with Crippen molar-refractivity contribution in [1.82, 2.24) is 10.2 Å². The van der Waals surface area contributed by atoms with Gasteiger partial charge in [-0.1, -0.05) is 37.0 Å². The zero-order valence-corrected chi connectivity index (χ0v) is 17.1. The van der Waals surface area contributed by atoms with Crippen LogP contribution < -0.4 is 5.32 Å². The molecular formula is C21H30N2O3S. The zero-order valence-electron chi connectivity index (χ0n) is 16.3. The Balaban J connectivity index is 1.80. The van der Waals surface area contributed by atoms with Crippen LogP contribution in [0.25, 0.3) is 0 Å². The number of carbonyl (C=O) groups is 2. The number of hydrogen-bond acceptors (Lipinski definition) is 4. The topological polar surface area (TPSA) is 58.6 Å². The molecule has 2 unspecified atom stereocenters. The van der Waals surface area contributed by atoms with E-state index in [1.54, 1.807) is 18.9 Å². The molecule has 6 heteroatoms. The number of ether oxygens (including phenoxy) is 1. The van der Waals surface area contributed by atoms with E-state index in [4.69, 9.17) is 4.74 Å². The van der Waals surface area contributed by atoms with E-state index in [-0.39, 0.29) is 17.2 Å². The summed E-state index contributed by atoms with van der Waals surface area (Å²) in [6, 6.07) is 7.25. The van der Waals surface area contributed by atoms with Crippen molar-refractivity contribution in [3.8, 4) is 0 Å². The summed E-state index contributed by atoms with van der Waals surface area (Å²) < 4.78 is 5.03. The average molecular weight is 391 g/mol. The van der Waals surface area contributed by atoms with Crippen molar-refractivity contribution in [3.05, 3.63) is 35.4 Å². The number of aryl methyl sites for hydroxylation is 1. The van der Waals surface area contributed by atoms with Gasteiger partial charge in [-0.05, 0) is 37.8 Å². The van der Waals surface area contributed by atoms with E-state index >= 15 is 0 Å². The Hall–Kier alpha value is -1.53. The standard InChI is InChI=1S/C21H30N2O3S/c1-15-8-10-16(11-9-15)20(25)23-18(19(24)22-12-13-26-2)14-27-21(23)17-6-4-3-5-7-17/h8-11,17-18,21H,3-7,12-14H2,1-2H3,(H,22,24). The van der Waals surface area contributed by atoms with Crippen LogP contribution in [0.15, 0.2) is 24.3 Å². The third-order valence-corrected chi connectivity index (χ3v) is 6.99. The van der Waals surface area contributed by atoms with Crippen molar-refractivity contribution in [3.63, 3.8) is 0 Å². The Morgan fingerprint density at radius 2 is 1.89 bits per heavy atom. The van der Waals surface area contributed by atoms with Crippen LogP contribution in [0.3, 0.4) is 0 Å². The van der Waals surface area contributed by atoms with Gasteiger partial charge in [0.15, 0.2) is 0 Å². The number of carbonyl (C=O) groups excluding carboxylic acids is 2. The van der Waals surface area contributed by atoms with E-state index in [1.165, 1.54) is 19.3 Å². The summed E-state index contributed by atoms with van der Waals surface area (Å²) in [4.78, 5) is 28.0. The molecule has 1 aliphatic heterocycles. The van der Waals surface area contributed by atoms with Crippen LogP contribution in [0.5, 0.6) is 0 Å². The van der Waals surface area contributed by atoms with Crippen molar-refractivity contribution in [2.75, 3.05) is 26.0 Å². The highest BCUT2D eigenvalue weighted by atomic mass is 32.2. The van der Waals surface area contributed by atoms with E-state index in [9.17, 15) is 9.59 Å². The summed E-state index contributed by atoms with van der Waals surface area (Å²) in [6.07, 6.45) is 6.01. The highest BCUT2D eigenvalue weighted by Gasteiger charge is 2.45. The molecule has 5 nitrogen and oxygen atoms in total. The number of benzene rings is 1. The zero-order chi connectivity index (χ0) is 19.2. The molecule has 1 saturated carbocycles. The summed E-state index contributed by atoms with van der Waals surface area (Å²) in [5.74, 6) is 1.05. The normalized spacial score (nSPS) is 23.4. The molecule has 2 fully saturated rings. The van der Waals surface area contributed by atoms with Crippen LogP contribution in [0.4, 0.5) is 0 Å². The SMILES string of the molecule is COCCNC(=O)C1CSC(C2CCCCC2)N1C(=O)c1ccc(C)cc1. The van der Waals surface area contributed by atoms with E-state index in [1.807, 2.05) is 36.1 Å². The number of nitrogens with one attached hydrogen (secondary N) is 1. The number of methoxy groups -OCH3 is 1. The molecule has 0 aromatic heterocycles. The Labute approximate surface area is 166 Å². The lowest BCUT2D eigenvalue weighted by molar-refractivity contribution is -0.125. The molecule has 1 aromatic carbocycles. The van der Waals surface area contributed by atoms with E-state index < -0.39 is 6.04 Å². The number of nitrogens with zero attached hydrogens (tertiary/aromatic N) is 1. The minimum Gasteiger partial charge on any atom is -0.383 e. The van der Waals surface area contributed by atoms with Gasteiger partial charge in [0.2, 0.25) is 5.91 Å². The highest BCUT2D eigenvalue weighted by Crippen LogP contribution is 2.41. The minimum atomic E-state index is -0.410. The van der Waals surface area contributed by atoms with Gasteiger partial charge in [-0.25, -0.2) is 0 Å². The molecule has 1 saturated heterocycles. The molecule has 2 atom stereocenters. The highest BCUT2D eigenvalue weighted by molar-refractivity contribution is 8.00. The van der Waals surface area contributed by atoms with Gasteiger partial charge in [0.25, 0.3) is 5.91 Å². The summed E-state index contributed by atoms with van der Waals surface area (Å²) in [6.45, 7) is 2.96. The molecular weight excluding hydrogens is 360 g/mol. The maximum atomic E-state index is 13.4. The Kier molecular flexibility index (Phi) is 7.19. The van der Waals surface area contributed by atoms with Gasteiger partial charge >= 0.3 is 0 Å². The van der Waals surface area contributed by atoms with Crippen LogP contribution in [0, 0.1) is 12.8 Å². The molecule has 3 rings (SSSR count). The lowest BCUT2D eigenvalue weighted by Gasteiger charge is -2.35. The number of amides is 2. The first kappa shape index (κ1) is 20.2. The Bertz CT molecular complexity index is 643. The lowest BCUT2D eigenvalue weighted by Crippen LogP contribution is -2.51. The molecule has 0 radical (unpaired) electrons. The van der Waals surface area contributed by atoms with Crippen LogP contribution in [-0.2, 0) is 9.53 Å². The van der Waals surface area contributed by atoms with Crippen molar-refractivity contribution in [2.45, 2.75) is 50.4 Å². The number of hydrogen-bond donors (Lipinski definition) is 1. The molecule has 0 bridgehead atoms. The van der Waals surface area contributed by atoms with Crippen LogP contribution in [0.1, 0.15) is 48.0 Å². The third-order valence-electron chi connectivity index (χ3n) is 5.53. The predicted molar refractivity (Wildman–Crippen MR) is 109 cm³/mol. The van der Waals surface area contributed by atoms with Crippen molar-refractivity contribution >= 4 is 23.6 Å². The molecule has 2 aliphatic rings. The molecule has 148 valence electrons. The molecule has 1 N–H and O–H groups in total. The first-order chi connectivity index (χ1) is 13.1. The van der Waals surface area contributed by atoms with Crippen molar-refractivity contribution in [1.29, 1.82) is 0 Å². The van der Waals surface area contributed by atoms with Crippen molar-refractivity contribution in [2.24, 2.45) is 5.92 Å². The lowest BCUT2D eigenvalue weighted by atomic mass is 9.88. The van der Waals surface area contributed by atoms with Gasteiger partial charge in [-0.3, -0.25) is 9.59 Å². The first-order valence-electron chi connectivity index (χ1n) is 9.89. The van der Waals surface area contributed by atoms with Gasteiger partial charge in [0, 0.05) is 25.0 Å². The Morgan fingerprint density at radius 3 is 2.56 bits per heavy atom. The molecule has 1 heterocycles. The first-order valence-corrected chi connectivity index (χ1v) is 10.9. The molecule has 1 aliphatic carbocycles. The van der Waals surface area contributed by atoms with E-state index in [0.29, 0.717) is 30.4 Å². The van der Waals surface area contributed by atoms with Crippen molar-refractivity contribution < 1.29 is 14.3 Å². The maximum Gasteiger partial charge on any atom is 0.255 e. The van der Waals surface area contributed by atoms with Crippen LogP contribution in [0.2, 0.25) is 0 Å². The molecule has 2 amide bonds. The van der Waals surface area contributed by atoms with E-state index in [0.717, 1.165) is 18.4 Å². The van der Waals surface area contributed by atoms with Gasteiger partial charge in [0.05, 0.1) is 12.0 Å². The quantitative estimate of drug-likeness (QED) is 0.758. The van der Waals surface area contributed by atoms with Crippen LogP contribution >= 0.6 is 11.8 Å². The van der Waals surface area contributed by atoms with Gasteiger partial charge < -0.3 is 15.0 Å². The Morgan fingerprint density at radius 1 is 1.19 bits per heavy atom. The summed E-state index contributed by atoms with van der Waals surface area (Å²) >= 11 is 1.77. The molecule has 1 aromatic rings. The fraction of sp³-hybridized carbons (Fsp3) is 0.619. The fourth-order valence-corrected chi connectivity index (χ4v) is 5.65. The monoisotopic (exact) mass is 390 g/mol. The van der Waals surface area contributed by atoms with E-state index in [2.05, 4.69) is 5.32 Å². The summed E-state index contributed by atoms with van der Waals surface area (Å²) in [5, 5.41) is 3.02. The average Bonchev–Trinajstić information content (AvgIpc) is 3.14. The van der Waals surface area contributed by atoms with Gasteiger partial charge in [0.1, 0.15) is 6.04 Å². The van der Waals surface area contributed by atoms with Gasteiger partial charge in [-0.15, -0.1) is 11.8 Å². The summed E-state index contributed by atoms with van der Waals surface area (Å²) in [7, 11) is 1.61. The largest absolute Gasteiger partial charge is 0.383 e.